The van der Waals surface area contributed by atoms with E-state index in [-0.39, 0.29) is 0 Å². The molecule has 0 saturated heterocycles. The predicted molar refractivity (Wildman–Crippen MR) is 137 cm³/mol. The van der Waals surface area contributed by atoms with Crippen LogP contribution in [0.4, 0.5) is 0 Å². The summed E-state index contributed by atoms with van der Waals surface area (Å²) in [5, 5.41) is 2.19. The molecule has 4 aromatic carbocycles. The third-order valence-corrected chi connectivity index (χ3v) is 5.81. The van der Waals surface area contributed by atoms with Gasteiger partial charge in [-0.05, 0) is 29.0 Å². The molecule has 0 atom stereocenters. The molecule has 0 unspecified atom stereocenters. The largest absolute Gasteiger partial charge is 0.256 e. The number of fused-ring (bicyclic) bond motifs is 1. The molecule has 6 rings (SSSR count). The molecule has 4 heteroatoms. The van der Waals surface area contributed by atoms with Crippen molar-refractivity contribution in [1.29, 1.82) is 0 Å². The second kappa shape index (κ2) is 8.68. The molecule has 0 spiro atoms. The Hall–Kier alpha value is -4.70. The maximum absolute atomic E-state index is 4.91. The smallest absolute Gasteiger partial charge is 0.164 e. The topological polar surface area (TPSA) is 51.6 Å². The zero-order valence-electron chi connectivity index (χ0n) is 18.3. The van der Waals surface area contributed by atoms with Crippen molar-refractivity contribution in [1.82, 2.24) is 19.9 Å². The summed E-state index contributed by atoms with van der Waals surface area (Å²) >= 11 is 0. The molecule has 4 nitrogen and oxygen atoms in total. The van der Waals surface area contributed by atoms with Crippen LogP contribution in [0, 0.1) is 0 Å². The lowest BCUT2D eigenvalue weighted by atomic mass is 9.97. The van der Waals surface area contributed by atoms with Gasteiger partial charge >= 0.3 is 0 Å². The van der Waals surface area contributed by atoms with E-state index in [1.54, 1.807) is 0 Å². The lowest BCUT2D eigenvalue weighted by Crippen LogP contribution is -2.00. The van der Waals surface area contributed by atoms with E-state index in [2.05, 4.69) is 35.3 Å². The van der Waals surface area contributed by atoms with Crippen LogP contribution in [0.3, 0.4) is 0 Å². The molecule has 34 heavy (non-hydrogen) atoms. The lowest BCUT2D eigenvalue weighted by Gasteiger charge is -2.12. The van der Waals surface area contributed by atoms with Gasteiger partial charge in [-0.2, -0.15) is 0 Å². The second-order valence-electron chi connectivity index (χ2n) is 7.96. The molecule has 0 saturated carbocycles. The van der Waals surface area contributed by atoms with Gasteiger partial charge in [0.2, 0.25) is 0 Å². The van der Waals surface area contributed by atoms with Gasteiger partial charge in [-0.1, -0.05) is 97.1 Å². The van der Waals surface area contributed by atoms with E-state index in [4.69, 9.17) is 15.0 Å². The minimum Gasteiger partial charge on any atom is -0.256 e. The molecule has 0 aliphatic rings. The molecule has 6 aromatic rings. The Bertz CT molecular complexity index is 1520. The second-order valence-corrected chi connectivity index (χ2v) is 7.96. The van der Waals surface area contributed by atoms with E-state index in [9.17, 15) is 0 Å². The lowest BCUT2D eigenvalue weighted by molar-refractivity contribution is 1.08. The molecule has 0 aliphatic heterocycles. The van der Waals surface area contributed by atoms with Crippen LogP contribution in [0.2, 0.25) is 0 Å². The number of benzene rings is 4. The van der Waals surface area contributed by atoms with E-state index in [1.165, 1.54) is 0 Å². The fraction of sp³-hybridized carbons (Fsp3) is 0. The number of pyridine rings is 1. The van der Waals surface area contributed by atoms with Gasteiger partial charge < -0.3 is 0 Å². The maximum atomic E-state index is 4.91. The SMILES string of the molecule is c1ccc(-c2nc(-c3ccccc3)nc(-c3ccc(-c4ccccn4)c4ccccc34)n2)cc1. The van der Waals surface area contributed by atoms with Crippen molar-refractivity contribution in [2.24, 2.45) is 0 Å². The number of hydrogen-bond acceptors (Lipinski definition) is 4. The zero-order chi connectivity index (χ0) is 22.7. The molecule has 160 valence electrons. The maximum Gasteiger partial charge on any atom is 0.164 e. The summed E-state index contributed by atoms with van der Waals surface area (Å²) < 4.78 is 0. The zero-order valence-corrected chi connectivity index (χ0v) is 18.3. The van der Waals surface area contributed by atoms with Crippen molar-refractivity contribution in [3.63, 3.8) is 0 Å². The molecule has 0 N–H and O–H groups in total. The third kappa shape index (κ3) is 3.71. The van der Waals surface area contributed by atoms with E-state index >= 15 is 0 Å². The fourth-order valence-electron chi connectivity index (χ4n) is 4.17. The van der Waals surface area contributed by atoms with Crippen molar-refractivity contribution in [2.45, 2.75) is 0 Å². The van der Waals surface area contributed by atoms with Crippen molar-refractivity contribution < 1.29 is 0 Å². The van der Waals surface area contributed by atoms with Crippen LogP contribution in [0.25, 0.3) is 56.2 Å². The van der Waals surface area contributed by atoms with Gasteiger partial charge in [0.25, 0.3) is 0 Å². The minimum absolute atomic E-state index is 0.650. The average molecular weight is 437 g/mol. The Morgan fingerprint density at radius 3 is 1.47 bits per heavy atom. The molecule has 2 heterocycles. The van der Waals surface area contributed by atoms with Crippen molar-refractivity contribution in [2.75, 3.05) is 0 Å². The van der Waals surface area contributed by atoms with Gasteiger partial charge in [0.05, 0.1) is 5.69 Å². The van der Waals surface area contributed by atoms with Gasteiger partial charge in [0.1, 0.15) is 0 Å². The van der Waals surface area contributed by atoms with Gasteiger partial charge in [-0.15, -0.1) is 0 Å². The van der Waals surface area contributed by atoms with Gasteiger partial charge in [-0.25, -0.2) is 15.0 Å². The summed E-state index contributed by atoms with van der Waals surface area (Å²) in [5.74, 6) is 1.96. The van der Waals surface area contributed by atoms with Gasteiger partial charge in [-0.3, -0.25) is 4.98 Å². The minimum atomic E-state index is 0.650. The molecule has 0 aliphatic carbocycles. The highest BCUT2D eigenvalue weighted by atomic mass is 15.0. The summed E-state index contributed by atoms with van der Waals surface area (Å²) in [4.78, 5) is 19.2. The van der Waals surface area contributed by atoms with E-state index in [0.29, 0.717) is 17.5 Å². The Kier molecular flexibility index (Phi) is 5.09. The van der Waals surface area contributed by atoms with Crippen LogP contribution in [0.5, 0.6) is 0 Å². The first-order chi connectivity index (χ1) is 16.9. The average Bonchev–Trinajstić information content (AvgIpc) is 2.93. The van der Waals surface area contributed by atoms with Crippen LogP contribution >= 0.6 is 0 Å². The summed E-state index contributed by atoms with van der Waals surface area (Å²) in [5.41, 5.74) is 4.90. The Morgan fingerprint density at radius 2 is 0.882 bits per heavy atom. The summed E-state index contributed by atoms with van der Waals surface area (Å²) in [6.45, 7) is 0. The van der Waals surface area contributed by atoms with E-state index in [0.717, 1.165) is 38.7 Å². The Labute approximate surface area is 197 Å². The molecular formula is C30H20N4. The predicted octanol–water partition coefficient (Wildman–Crippen LogP) is 7.09. The van der Waals surface area contributed by atoms with Crippen molar-refractivity contribution in [3.05, 3.63) is 121 Å². The number of nitrogens with zero attached hydrogens (tertiary/aromatic N) is 4. The molecular weight excluding hydrogens is 416 g/mol. The normalized spacial score (nSPS) is 10.9. The first-order valence-corrected chi connectivity index (χ1v) is 11.2. The summed E-state index contributed by atoms with van der Waals surface area (Å²) in [6.07, 6.45) is 1.82. The molecule has 0 radical (unpaired) electrons. The highest BCUT2D eigenvalue weighted by Crippen LogP contribution is 2.34. The first kappa shape index (κ1) is 19.9. The standard InChI is InChI=1S/C30H20N4/c1-3-11-21(12-4-1)28-32-29(22-13-5-2-6-14-22)34-30(33-28)26-19-18-25(27-17-9-10-20-31-27)23-15-7-8-16-24(23)26/h1-20H. The van der Waals surface area contributed by atoms with E-state index < -0.39 is 0 Å². The quantitative estimate of drug-likeness (QED) is 0.296. The molecule has 0 bridgehead atoms. The third-order valence-electron chi connectivity index (χ3n) is 5.81. The Balaban J connectivity index is 1.60. The summed E-state index contributed by atoms with van der Waals surface area (Å²) in [6, 6.07) is 38.6. The molecule has 0 amide bonds. The number of aromatic nitrogens is 4. The van der Waals surface area contributed by atoms with Crippen molar-refractivity contribution in [3.8, 4) is 45.4 Å². The van der Waals surface area contributed by atoms with Crippen molar-refractivity contribution >= 4 is 10.8 Å². The van der Waals surface area contributed by atoms with Gasteiger partial charge in [0, 0.05) is 28.5 Å². The van der Waals surface area contributed by atoms with Crippen LogP contribution in [-0.2, 0) is 0 Å². The summed E-state index contributed by atoms with van der Waals surface area (Å²) in [7, 11) is 0. The molecule has 0 fully saturated rings. The molecule has 2 aromatic heterocycles. The monoisotopic (exact) mass is 436 g/mol. The highest BCUT2D eigenvalue weighted by molar-refractivity contribution is 6.03. The van der Waals surface area contributed by atoms with Crippen LogP contribution in [0.15, 0.2) is 121 Å². The highest BCUT2D eigenvalue weighted by Gasteiger charge is 2.15. The van der Waals surface area contributed by atoms with Gasteiger partial charge in [0.15, 0.2) is 17.5 Å². The fourth-order valence-corrected chi connectivity index (χ4v) is 4.17. The first-order valence-electron chi connectivity index (χ1n) is 11.2. The van der Waals surface area contributed by atoms with Crippen LogP contribution < -0.4 is 0 Å². The Morgan fingerprint density at radius 1 is 0.382 bits per heavy atom. The van der Waals surface area contributed by atoms with Crippen LogP contribution in [-0.4, -0.2) is 19.9 Å². The van der Waals surface area contributed by atoms with E-state index in [1.807, 2.05) is 91.1 Å². The van der Waals surface area contributed by atoms with Crippen LogP contribution in [0.1, 0.15) is 0 Å². The number of hydrogen-bond donors (Lipinski definition) is 0. The number of rotatable bonds is 4.